The van der Waals surface area contributed by atoms with Crippen LogP contribution >= 0.6 is 12.2 Å². The zero-order valence-corrected chi connectivity index (χ0v) is 12.4. The number of nitrogens with zero attached hydrogens (tertiary/aromatic N) is 1. The van der Waals surface area contributed by atoms with Crippen LogP contribution in [0.3, 0.4) is 0 Å². The van der Waals surface area contributed by atoms with Crippen molar-refractivity contribution in [2.24, 2.45) is 5.10 Å². The van der Waals surface area contributed by atoms with Gasteiger partial charge in [0, 0.05) is 12.1 Å². The lowest BCUT2D eigenvalue weighted by Crippen LogP contribution is -2.32. The molecular weight excluding hydrogens is 262 g/mol. The molecule has 19 heavy (non-hydrogen) atoms. The van der Waals surface area contributed by atoms with Crippen LogP contribution in [0.2, 0.25) is 0 Å². The number of hydrogen-bond acceptors (Lipinski definition) is 4. The van der Waals surface area contributed by atoms with Gasteiger partial charge in [-0.05, 0) is 44.3 Å². The molecule has 2 N–H and O–H groups in total. The molecule has 0 bridgehead atoms. The molecule has 0 fully saturated rings. The predicted molar refractivity (Wildman–Crippen MR) is 81.2 cm³/mol. The summed E-state index contributed by atoms with van der Waals surface area (Å²) in [5.41, 5.74) is 4.53. The summed E-state index contributed by atoms with van der Waals surface area (Å²) in [6.07, 6.45) is 0. The van der Waals surface area contributed by atoms with Gasteiger partial charge in [-0.25, -0.2) is 0 Å². The van der Waals surface area contributed by atoms with Gasteiger partial charge in [-0.1, -0.05) is 0 Å². The second-order valence-corrected chi connectivity index (χ2v) is 4.15. The summed E-state index contributed by atoms with van der Waals surface area (Å²) >= 11 is 5.04. The standard InChI is InChI=1S/C13H19N3O2S/c1-5-14-13(19)16-15-9(2)10-6-7-11(17-3)12(8-10)18-4/h6-8H,5H2,1-4H3,(H2,14,16,19)/b15-9-. The second-order valence-electron chi connectivity index (χ2n) is 3.74. The molecule has 0 aliphatic carbocycles. The maximum atomic E-state index is 5.25. The Morgan fingerprint density at radius 2 is 1.95 bits per heavy atom. The van der Waals surface area contributed by atoms with Crippen LogP contribution in [-0.2, 0) is 0 Å². The number of nitrogens with one attached hydrogen (secondary N) is 2. The van der Waals surface area contributed by atoms with E-state index in [2.05, 4.69) is 15.8 Å². The predicted octanol–water partition coefficient (Wildman–Crippen LogP) is 1.91. The van der Waals surface area contributed by atoms with Crippen LogP contribution in [0, 0.1) is 0 Å². The SMILES string of the molecule is CCNC(=S)N/N=C(/C)c1ccc(OC)c(OC)c1. The van der Waals surface area contributed by atoms with Crippen LogP contribution in [0.15, 0.2) is 23.3 Å². The van der Waals surface area contributed by atoms with Crippen molar-refractivity contribution in [3.05, 3.63) is 23.8 Å². The van der Waals surface area contributed by atoms with Gasteiger partial charge in [-0.2, -0.15) is 5.10 Å². The molecule has 5 nitrogen and oxygen atoms in total. The molecule has 0 heterocycles. The van der Waals surface area contributed by atoms with Gasteiger partial charge in [0.15, 0.2) is 16.6 Å². The van der Waals surface area contributed by atoms with Gasteiger partial charge in [0.1, 0.15) is 0 Å². The Morgan fingerprint density at radius 1 is 1.26 bits per heavy atom. The summed E-state index contributed by atoms with van der Waals surface area (Å²) in [6.45, 7) is 4.62. The molecule has 0 saturated heterocycles. The molecule has 0 aliphatic heterocycles. The van der Waals surface area contributed by atoms with E-state index in [0.717, 1.165) is 17.8 Å². The van der Waals surface area contributed by atoms with Gasteiger partial charge in [0.25, 0.3) is 0 Å². The number of rotatable bonds is 5. The summed E-state index contributed by atoms with van der Waals surface area (Å²) in [4.78, 5) is 0. The van der Waals surface area contributed by atoms with E-state index in [1.165, 1.54) is 0 Å². The quantitative estimate of drug-likeness (QED) is 0.490. The van der Waals surface area contributed by atoms with Crippen molar-refractivity contribution in [1.29, 1.82) is 0 Å². The smallest absolute Gasteiger partial charge is 0.186 e. The highest BCUT2D eigenvalue weighted by Crippen LogP contribution is 2.27. The van der Waals surface area contributed by atoms with Crippen molar-refractivity contribution in [2.45, 2.75) is 13.8 Å². The first kappa shape index (κ1) is 15.2. The number of methoxy groups -OCH3 is 2. The van der Waals surface area contributed by atoms with Crippen molar-refractivity contribution in [3.8, 4) is 11.5 Å². The van der Waals surface area contributed by atoms with E-state index in [-0.39, 0.29) is 0 Å². The lowest BCUT2D eigenvalue weighted by Gasteiger charge is -2.10. The zero-order valence-electron chi connectivity index (χ0n) is 11.6. The Morgan fingerprint density at radius 3 is 2.53 bits per heavy atom. The summed E-state index contributed by atoms with van der Waals surface area (Å²) in [5, 5.41) is 7.67. The Bertz CT molecular complexity index is 475. The monoisotopic (exact) mass is 281 g/mol. The highest BCUT2D eigenvalue weighted by molar-refractivity contribution is 7.80. The number of ether oxygens (including phenoxy) is 2. The molecular formula is C13H19N3O2S. The van der Waals surface area contributed by atoms with E-state index in [1.54, 1.807) is 14.2 Å². The van der Waals surface area contributed by atoms with E-state index in [9.17, 15) is 0 Å². The van der Waals surface area contributed by atoms with Crippen molar-refractivity contribution in [3.63, 3.8) is 0 Å². The topological polar surface area (TPSA) is 54.9 Å². The number of benzene rings is 1. The minimum Gasteiger partial charge on any atom is -0.493 e. The van der Waals surface area contributed by atoms with Gasteiger partial charge >= 0.3 is 0 Å². The van der Waals surface area contributed by atoms with Crippen molar-refractivity contribution >= 4 is 23.0 Å². The molecule has 0 aliphatic rings. The zero-order chi connectivity index (χ0) is 14.3. The van der Waals surface area contributed by atoms with Gasteiger partial charge in [-0.15, -0.1) is 0 Å². The van der Waals surface area contributed by atoms with Gasteiger partial charge in [-0.3, -0.25) is 5.43 Å². The Hall–Kier alpha value is -1.82. The third kappa shape index (κ3) is 4.40. The fourth-order valence-electron chi connectivity index (χ4n) is 1.46. The summed E-state index contributed by atoms with van der Waals surface area (Å²) in [5.74, 6) is 1.36. The van der Waals surface area contributed by atoms with E-state index >= 15 is 0 Å². The maximum absolute atomic E-state index is 5.25. The Balaban J connectivity index is 2.84. The third-order valence-electron chi connectivity index (χ3n) is 2.46. The molecule has 1 rings (SSSR count). The normalized spacial score (nSPS) is 10.8. The van der Waals surface area contributed by atoms with Gasteiger partial charge in [0.05, 0.1) is 19.9 Å². The van der Waals surface area contributed by atoms with Gasteiger partial charge in [0.2, 0.25) is 0 Å². The highest BCUT2D eigenvalue weighted by Gasteiger charge is 2.06. The Kier molecular flexibility index (Phi) is 6.08. The maximum Gasteiger partial charge on any atom is 0.186 e. The Labute approximate surface area is 119 Å². The number of hydrazone groups is 1. The lowest BCUT2D eigenvalue weighted by molar-refractivity contribution is 0.355. The van der Waals surface area contributed by atoms with E-state index < -0.39 is 0 Å². The minimum absolute atomic E-state index is 0.502. The molecule has 1 aromatic carbocycles. The van der Waals surface area contributed by atoms with E-state index in [0.29, 0.717) is 16.6 Å². The van der Waals surface area contributed by atoms with Crippen LogP contribution in [0.25, 0.3) is 0 Å². The van der Waals surface area contributed by atoms with Crippen molar-refractivity contribution < 1.29 is 9.47 Å². The lowest BCUT2D eigenvalue weighted by atomic mass is 10.1. The first-order chi connectivity index (χ1) is 9.12. The molecule has 0 amide bonds. The fraction of sp³-hybridized carbons (Fsp3) is 0.385. The largest absolute Gasteiger partial charge is 0.493 e. The van der Waals surface area contributed by atoms with E-state index in [1.807, 2.05) is 32.0 Å². The van der Waals surface area contributed by atoms with Gasteiger partial charge < -0.3 is 14.8 Å². The van der Waals surface area contributed by atoms with Crippen molar-refractivity contribution in [2.75, 3.05) is 20.8 Å². The average Bonchev–Trinajstić information content (AvgIpc) is 2.44. The van der Waals surface area contributed by atoms with E-state index in [4.69, 9.17) is 21.7 Å². The molecule has 0 spiro atoms. The molecule has 1 aromatic rings. The summed E-state index contributed by atoms with van der Waals surface area (Å²) in [7, 11) is 3.21. The molecule has 104 valence electrons. The molecule has 0 atom stereocenters. The first-order valence-corrected chi connectivity index (χ1v) is 6.33. The summed E-state index contributed by atoms with van der Waals surface area (Å²) < 4.78 is 10.4. The molecule has 0 saturated carbocycles. The molecule has 0 radical (unpaired) electrons. The molecule has 0 aromatic heterocycles. The van der Waals surface area contributed by atoms with Crippen LogP contribution in [0.1, 0.15) is 19.4 Å². The molecule has 6 heteroatoms. The van der Waals surface area contributed by atoms with Crippen LogP contribution in [0.4, 0.5) is 0 Å². The molecule has 0 unspecified atom stereocenters. The fourth-order valence-corrected chi connectivity index (χ4v) is 1.65. The van der Waals surface area contributed by atoms with Crippen LogP contribution < -0.4 is 20.2 Å². The van der Waals surface area contributed by atoms with Crippen molar-refractivity contribution in [1.82, 2.24) is 10.7 Å². The second kappa shape index (κ2) is 7.58. The third-order valence-corrected chi connectivity index (χ3v) is 2.70. The minimum atomic E-state index is 0.502. The number of thiocarbonyl (C=S) groups is 1. The van der Waals surface area contributed by atoms with Crippen LogP contribution in [-0.4, -0.2) is 31.6 Å². The first-order valence-electron chi connectivity index (χ1n) is 5.92. The average molecular weight is 281 g/mol. The number of hydrogen-bond donors (Lipinski definition) is 2. The summed E-state index contributed by atoms with van der Waals surface area (Å²) in [6, 6.07) is 5.63. The highest BCUT2D eigenvalue weighted by atomic mass is 32.1. The van der Waals surface area contributed by atoms with Crippen LogP contribution in [0.5, 0.6) is 11.5 Å².